The summed E-state index contributed by atoms with van der Waals surface area (Å²) in [5, 5.41) is 3.64. The smallest absolute Gasteiger partial charge is 0.264 e. The first-order valence-corrected chi connectivity index (χ1v) is 16.9. The fourth-order valence-corrected chi connectivity index (χ4v) is 6.71. The highest BCUT2D eigenvalue weighted by Crippen LogP contribution is 2.28. The molecule has 0 heterocycles. The van der Waals surface area contributed by atoms with E-state index in [1.807, 2.05) is 44.2 Å². The minimum Gasteiger partial charge on any atom is -0.354 e. The van der Waals surface area contributed by atoms with Crippen LogP contribution >= 0.6 is 23.2 Å². The Bertz CT molecular complexity index is 1720. The molecule has 0 aliphatic heterocycles. The average Bonchev–Trinajstić information content (AvgIpc) is 3.03. The lowest BCUT2D eigenvalue weighted by Gasteiger charge is -2.34. The molecule has 236 valence electrons. The van der Waals surface area contributed by atoms with Crippen LogP contribution in [0.5, 0.6) is 0 Å². The number of para-hydroxylation sites is 1. The van der Waals surface area contributed by atoms with Gasteiger partial charge in [0.1, 0.15) is 12.6 Å². The molecular formula is C35H37Cl2N3O4S. The Morgan fingerprint density at radius 3 is 2.04 bits per heavy atom. The largest absolute Gasteiger partial charge is 0.354 e. The third-order valence-electron chi connectivity index (χ3n) is 7.29. The Kier molecular flexibility index (Phi) is 11.7. The van der Waals surface area contributed by atoms with Gasteiger partial charge in [-0.05, 0) is 59.9 Å². The zero-order valence-electron chi connectivity index (χ0n) is 25.5. The molecule has 45 heavy (non-hydrogen) atoms. The van der Waals surface area contributed by atoms with Gasteiger partial charge in [0, 0.05) is 19.5 Å². The quantitative estimate of drug-likeness (QED) is 0.168. The highest BCUT2D eigenvalue weighted by Gasteiger charge is 2.35. The molecule has 4 aromatic rings. The van der Waals surface area contributed by atoms with Crippen LogP contribution in [0.1, 0.15) is 30.5 Å². The third-order valence-corrected chi connectivity index (χ3v) is 9.80. The summed E-state index contributed by atoms with van der Waals surface area (Å²) < 4.78 is 29.3. The fraction of sp³-hybridized carbons (Fsp3) is 0.257. The van der Waals surface area contributed by atoms with Crippen LogP contribution in [-0.4, -0.2) is 44.3 Å². The molecule has 2 amide bonds. The molecule has 0 radical (unpaired) electrons. The Morgan fingerprint density at radius 1 is 0.800 bits per heavy atom. The number of carbonyl (C=O) groups is 2. The summed E-state index contributed by atoms with van der Waals surface area (Å²) in [6.45, 7) is 5.63. The monoisotopic (exact) mass is 665 g/mol. The van der Waals surface area contributed by atoms with E-state index in [4.69, 9.17) is 23.2 Å². The van der Waals surface area contributed by atoms with Gasteiger partial charge in [-0.1, -0.05) is 110 Å². The minimum atomic E-state index is -4.17. The normalized spacial score (nSPS) is 12.0. The number of aryl methyl sites for hydroxylation is 1. The predicted octanol–water partition coefficient (Wildman–Crippen LogP) is 6.91. The predicted molar refractivity (Wildman–Crippen MR) is 181 cm³/mol. The Balaban J connectivity index is 1.81. The van der Waals surface area contributed by atoms with Gasteiger partial charge in [-0.15, -0.1) is 0 Å². The summed E-state index contributed by atoms with van der Waals surface area (Å²) in [6, 6.07) is 28.5. The minimum absolute atomic E-state index is 0.00465. The third kappa shape index (κ3) is 8.87. The molecule has 10 heteroatoms. The van der Waals surface area contributed by atoms with Crippen molar-refractivity contribution in [3.8, 4) is 0 Å². The molecule has 0 aliphatic carbocycles. The summed E-state index contributed by atoms with van der Waals surface area (Å²) >= 11 is 12.5. The molecule has 4 aromatic carbocycles. The van der Waals surface area contributed by atoms with Crippen molar-refractivity contribution in [1.82, 2.24) is 10.2 Å². The standard InChI is InChI=1S/C35H37Cl2N3O4S/c1-25(2)22-38-35(42)33(21-27-13-6-4-7-14-27)39(23-28-18-19-30(36)31(37)20-28)34(41)24-40(32-17-11-10-12-26(32)3)45(43,44)29-15-8-5-9-16-29/h4-20,25,33H,21-24H2,1-3H3,(H,38,42). The first-order chi connectivity index (χ1) is 21.5. The van der Waals surface area contributed by atoms with E-state index < -0.39 is 28.5 Å². The number of sulfonamides is 1. The highest BCUT2D eigenvalue weighted by molar-refractivity contribution is 7.92. The maximum absolute atomic E-state index is 14.5. The topological polar surface area (TPSA) is 86.8 Å². The van der Waals surface area contributed by atoms with Crippen molar-refractivity contribution in [3.05, 3.63) is 130 Å². The molecule has 0 aliphatic rings. The van der Waals surface area contributed by atoms with E-state index in [2.05, 4.69) is 5.32 Å². The van der Waals surface area contributed by atoms with E-state index in [9.17, 15) is 18.0 Å². The van der Waals surface area contributed by atoms with E-state index in [1.165, 1.54) is 17.0 Å². The van der Waals surface area contributed by atoms with Gasteiger partial charge in [0.25, 0.3) is 10.0 Å². The Hall–Kier alpha value is -3.85. The van der Waals surface area contributed by atoms with Crippen LogP contribution in [0, 0.1) is 12.8 Å². The van der Waals surface area contributed by atoms with Crippen LogP contribution in [0.3, 0.4) is 0 Å². The number of hydrogen-bond donors (Lipinski definition) is 1. The maximum atomic E-state index is 14.5. The summed E-state index contributed by atoms with van der Waals surface area (Å²) in [4.78, 5) is 29.9. The number of anilines is 1. The number of hydrogen-bond acceptors (Lipinski definition) is 4. The number of nitrogens with zero attached hydrogens (tertiary/aromatic N) is 2. The fourth-order valence-electron chi connectivity index (χ4n) is 4.89. The number of halogens is 2. The number of amides is 2. The van der Waals surface area contributed by atoms with Gasteiger partial charge in [-0.2, -0.15) is 0 Å². The van der Waals surface area contributed by atoms with Crippen LogP contribution in [0.25, 0.3) is 0 Å². The molecule has 1 N–H and O–H groups in total. The maximum Gasteiger partial charge on any atom is 0.264 e. The van der Waals surface area contributed by atoms with Crippen molar-refractivity contribution in [3.63, 3.8) is 0 Å². The lowest BCUT2D eigenvalue weighted by Crippen LogP contribution is -2.53. The van der Waals surface area contributed by atoms with Crippen molar-refractivity contribution >= 4 is 50.7 Å². The lowest BCUT2D eigenvalue weighted by atomic mass is 10.0. The van der Waals surface area contributed by atoms with Crippen molar-refractivity contribution in [2.45, 2.75) is 44.7 Å². The zero-order chi connectivity index (χ0) is 32.6. The summed E-state index contributed by atoms with van der Waals surface area (Å²) in [7, 11) is -4.17. The van der Waals surface area contributed by atoms with Gasteiger partial charge in [0.05, 0.1) is 20.6 Å². The van der Waals surface area contributed by atoms with Crippen LogP contribution in [0.4, 0.5) is 5.69 Å². The molecule has 0 fully saturated rings. The first-order valence-electron chi connectivity index (χ1n) is 14.7. The molecule has 7 nitrogen and oxygen atoms in total. The van der Waals surface area contributed by atoms with E-state index in [0.717, 1.165) is 9.87 Å². The van der Waals surface area contributed by atoms with Gasteiger partial charge >= 0.3 is 0 Å². The molecule has 0 bridgehead atoms. The molecule has 1 atom stereocenters. The van der Waals surface area contributed by atoms with Crippen LogP contribution in [0.15, 0.2) is 108 Å². The second kappa shape index (κ2) is 15.4. The van der Waals surface area contributed by atoms with Crippen molar-refractivity contribution < 1.29 is 18.0 Å². The van der Waals surface area contributed by atoms with Gasteiger partial charge in [0.15, 0.2) is 0 Å². The van der Waals surface area contributed by atoms with Gasteiger partial charge in [0.2, 0.25) is 11.8 Å². The number of benzene rings is 4. The first kappa shape index (κ1) is 34.0. The molecule has 0 saturated carbocycles. The van der Waals surface area contributed by atoms with E-state index in [-0.39, 0.29) is 29.7 Å². The Morgan fingerprint density at radius 2 is 1.42 bits per heavy atom. The van der Waals surface area contributed by atoms with E-state index in [0.29, 0.717) is 33.4 Å². The molecule has 4 rings (SSSR count). The zero-order valence-corrected chi connectivity index (χ0v) is 27.8. The Labute approximate surface area is 275 Å². The van der Waals surface area contributed by atoms with Crippen molar-refractivity contribution in [2.24, 2.45) is 5.92 Å². The van der Waals surface area contributed by atoms with Crippen molar-refractivity contribution in [2.75, 3.05) is 17.4 Å². The number of carbonyl (C=O) groups excluding carboxylic acids is 2. The lowest BCUT2D eigenvalue weighted by molar-refractivity contribution is -0.140. The van der Waals surface area contributed by atoms with Gasteiger partial charge in [-0.25, -0.2) is 8.42 Å². The highest BCUT2D eigenvalue weighted by atomic mass is 35.5. The molecule has 0 spiro atoms. The van der Waals surface area contributed by atoms with Crippen LogP contribution in [-0.2, 0) is 32.6 Å². The second-order valence-corrected chi connectivity index (χ2v) is 13.9. The molecule has 0 saturated heterocycles. The molecular weight excluding hydrogens is 629 g/mol. The second-order valence-electron chi connectivity index (χ2n) is 11.2. The summed E-state index contributed by atoms with van der Waals surface area (Å²) in [5.74, 6) is -0.711. The van der Waals surface area contributed by atoms with Gasteiger partial charge in [-0.3, -0.25) is 13.9 Å². The molecule has 1 unspecified atom stereocenters. The average molecular weight is 667 g/mol. The van der Waals surface area contributed by atoms with E-state index >= 15 is 0 Å². The van der Waals surface area contributed by atoms with Gasteiger partial charge < -0.3 is 10.2 Å². The number of nitrogens with one attached hydrogen (secondary N) is 1. The van der Waals surface area contributed by atoms with Crippen LogP contribution in [0.2, 0.25) is 10.0 Å². The summed E-state index contributed by atoms with van der Waals surface area (Å²) in [5.41, 5.74) is 2.53. The SMILES string of the molecule is Cc1ccccc1N(CC(=O)N(Cc1ccc(Cl)c(Cl)c1)C(Cc1ccccc1)C(=O)NCC(C)C)S(=O)(=O)c1ccccc1. The summed E-state index contributed by atoms with van der Waals surface area (Å²) in [6.07, 6.45) is 0.216. The van der Waals surface area contributed by atoms with E-state index in [1.54, 1.807) is 67.6 Å². The number of rotatable bonds is 13. The molecule has 0 aromatic heterocycles. The van der Waals surface area contributed by atoms with Crippen LogP contribution < -0.4 is 9.62 Å². The van der Waals surface area contributed by atoms with Crippen molar-refractivity contribution in [1.29, 1.82) is 0 Å².